The fraction of sp³-hybridized carbons (Fsp3) is 0.188. The number of rotatable bonds is 3. The lowest BCUT2D eigenvalue weighted by atomic mass is 10.1. The lowest BCUT2D eigenvalue weighted by molar-refractivity contribution is 0.593. The van der Waals surface area contributed by atoms with Gasteiger partial charge in [-0.2, -0.15) is 5.26 Å². The molecule has 0 radical (unpaired) electrons. The van der Waals surface area contributed by atoms with Crippen molar-refractivity contribution in [3.8, 4) is 6.07 Å². The van der Waals surface area contributed by atoms with E-state index in [4.69, 9.17) is 23.2 Å². The summed E-state index contributed by atoms with van der Waals surface area (Å²) in [6.45, 7) is 0. The minimum absolute atomic E-state index is 0.187. The average Bonchev–Trinajstić information content (AvgIpc) is 3.23. The van der Waals surface area contributed by atoms with E-state index in [-0.39, 0.29) is 10.8 Å². The Morgan fingerprint density at radius 1 is 1.00 bits per heavy atom. The van der Waals surface area contributed by atoms with Crippen LogP contribution in [0.3, 0.4) is 0 Å². The zero-order chi connectivity index (χ0) is 15.9. The highest BCUT2D eigenvalue weighted by Gasteiger charge is 2.59. The maximum Gasteiger partial charge on any atom is 0.183 e. The molecule has 0 heterocycles. The lowest BCUT2D eigenvalue weighted by Crippen LogP contribution is -2.10. The molecule has 3 rings (SSSR count). The molecule has 22 heavy (non-hydrogen) atoms. The molecular weight excluding hydrogens is 341 g/mol. The zero-order valence-electron chi connectivity index (χ0n) is 11.3. The van der Waals surface area contributed by atoms with Crippen LogP contribution in [0.2, 0.25) is 10.0 Å². The quantitative estimate of drug-likeness (QED) is 0.837. The van der Waals surface area contributed by atoms with E-state index in [1.54, 1.807) is 24.3 Å². The van der Waals surface area contributed by atoms with Crippen LogP contribution in [-0.2, 0) is 9.84 Å². The van der Waals surface area contributed by atoms with Gasteiger partial charge in [0, 0.05) is 16.0 Å². The van der Waals surface area contributed by atoms with Crippen LogP contribution in [0, 0.1) is 17.2 Å². The Balaban J connectivity index is 1.98. The van der Waals surface area contributed by atoms with E-state index in [1.165, 1.54) is 24.3 Å². The second kappa shape index (κ2) is 5.58. The predicted molar refractivity (Wildman–Crippen MR) is 85.7 cm³/mol. The highest BCUT2D eigenvalue weighted by atomic mass is 35.5. The van der Waals surface area contributed by atoms with Gasteiger partial charge >= 0.3 is 0 Å². The Bertz CT molecular complexity index is 856. The van der Waals surface area contributed by atoms with Crippen molar-refractivity contribution >= 4 is 33.0 Å². The van der Waals surface area contributed by atoms with Gasteiger partial charge in [0.2, 0.25) is 0 Å². The minimum atomic E-state index is -3.58. The number of nitriles is 1. The van der Waals surface area contributed by atoms with Crippen LogP contribution in [-0.4, -0.2) is 13.7 Å². The molecule has 0 N–H and O–H groups in total. The van der Waals surface area contributed by atoms with E-state index in [0.717, 1.165) is 5.56 Å². The first-order chi connectivity index (χ1) is 10.4. The molecule has 0 bridgehead atoms. The molecule has 0 aliphatic heterocycles. The number of benzene rings is 2. The van der Waals surface area contributed by atoms with E-state index in [0.29, 0.717) is 10.0 Å². The smallest absolute Gasteiger partial charge is 0.183 e. The largest absolute Gasteiger partial charge is 0.223 e. The van der Waals surface area contributed by atoms with E-state index >= 15 is 0 Å². The summed E-state index contributed by atoms with van der Waals surface area (Å²) >= 11 is 11.8. The highest BCUT2D eigenvalue weighted by Crippen LogP contribution is 2.53. The van der Waals surface area contributed by atoms with Crippen LogP contribution < -0.4 is 0 Å². The van der Waals surface area contributed by atoms with Gasteiger partial charge in [-0.15, -0.1) is 0 Å². The molecule has 1 saturated carbocycles. The fourth-order valence-corrected chi connectivity index (χ4v) is 5.11. The van der Waals surface area contributed by atoms with Crippen LogP contribution in [0.15, 0.2) is 53.4 Å². The molecule has 1 aliphatic rings. The third kappa shape index (κ3) is 2.61. The van der Waals surface area contributed by atoms with Crippen molar-refractivity contribution < 1.29 is 8.42 Å². The van der Waals surface area contributed by atoms with Crippen molar-refractivity contribution in [3.05, 3.63) is 64.1 Å². The molecule has 0 aromatic heterocycles. The van der Waals surface area contributed by atoms with Crippen molar-refractivity contribution in [1.82, 2.24) is 0 Å². The summed E-state index contributed by atoms with van der Waals surface area (Å²) in [5.74, 6) is -0.900. The normalized spacial score (nSPS) is 23.8. The van der Waals surface area contributed by atoms with E-state index < -0.39 is 21.0 Å². The van der Waals surface area contributed by atoms with Gasteiger partial charge in [0.25, 0.3) is 0 Å². The second-order valence-corrected chi connectivity index (χ2v) is 8.18. The highest BCUT2D eigenvalue weighted by molar-refractivity contribution is 7.92. The molecule has 0 unspecified atom stereocenters. The standard InChI is InChI=1S/C16H11Cl2NO2S/c17-11-4-6-13(7-5-11)22(20,21)16-14(9-19)15(16)10-2-1-3-12(18)8-10/h1-8,14-16H/t14-,15-,16+/m0/s1. The van der Waals surface area contributed by atoms with Gasteiger partial charge in [-0.1, -0.05) is 35.3 Å². The summed E-state index contributed by atoms with van der Waals surface area (Å²) in [6.07, 6.45) is 0. The maximum absolute atomic E-state index is 12.7. The average molecular weight is 352 g/mol. The number of hydrogen-bond acceptors (Lipinski definition) is 3. The molecule has 2 aromatic carbocycles. The summed E-state index contributed by atoms with van der Waals surface area (Å²) in [6, 6.07) is 15.1. The Morgan fingerprint density at radius 3 is 2.27 bits per heavy atom. The zero-order valence-corrected chi connectivity index (χ0v) is 13.6. The maximum atomic E-state index is 12.7. The first kappa shape index (κ1) is 15.4. The van der Waals surface area contributed by atoms with Gasteiger partial charge in [-0.05, 0) is 42.0 Å². The summed E-state index contributed by atoms with van der Waals surface area (Å²) in [7, 11) is -3.58. The Morgan fingerprint density at radius 2 is 1.68 bits per heavy atom. The van der Waals surface area contributed by atoms with Crippen LogP contribution in [0.5, 0.6) is 0 Å². The van der Waals surface area contributed by atoms with E-state index in [9.17, 15) is 13.7 Å². The van der Waals surface area contributed by atoms with E-state index in [2.05, 4.69) is 6.07 Å². The molecule has 3 nitrogen and oxygen atoms in total. The Kier molecular flexibility index (Phi) is 3.90. The van der Waals surface area contributed by atoms with Gasteiger partial charge in [-0.3, -0.25) is 0 Å². The van der Waals surface area contributed by atoms with E-state index in [1.807, 2.05) is 0 Å². The molecule has 3 atom stereocenters. The van der Waals surface area contributed by atoms with Gasteiger partial charge in [0.05, 0.1) is 22.1 Å². The Labute approximate surface area is 139 Å². The van der Waals surface area contributed by atoms with Crippen molar-refractivity contribution in [1.29, 1.82) is 5.26 Å². The monoisotopic (exact) mass is 351 g/mol. The molecule has 112 valence electrons. The molecule has 1 aliphatic carbocycles. The summed E-state index contributed by atoms with van der Waals surface area (Å²) < 4.78 is 25.4. The Hall–Kier alpha value is -1.54. The van der Waals surface area contributed by atoms with Gasteiger partial charge in [0.1, 0.15) is 0 Å². The fourth-order valence-electron chi connectivity index (χ4n) is 2.72. The number of sulfone groups is 1. The van der Waals surface area contributed by atoms with Crippen molar-refractivity contribution in [2.75, 3.05) is 0 Å². The summed E-state index contributed by atoms with van der Waals surface area (Å²) in [4.78, 5) is 0.187. The molecule has 2 aromatic rings. The molecular formula is C16H11Cl2NO2S. The summed E-state index contributed by atoms with van der Waals surface area (Å²) in [5.41, 5.74) is 0.779. The third-order valence-corrected chi connectivity index (χ3v) is 6.56. The predicted octanol–water partition coefficient (Wildman–Crippen LogP) is 4.07. The molecule has 0 saturated heterocycles. The second-order valence-electron chi connectivity index (χ2n) is 5.20. The number of nitrogens with zero attached hydrogens (tertiary/aromatic N) is 1. The molecule has 6 heteroatoms. The van der Waals surface area contributed by atoms with Crippen molar-refractivity contribution in [3.63, 3.8) is 0 Å². The van der Waals surface area contributed by atoms with Gasteiger partial charge in [0.15, 0.2) is 9.84 Å². The van der Waals surface area contributed by atoms with Crippen molar-refractivity contribution in [2.45, 2.75) is 16.1 Å². The first-order valence-corrected chi connectivity index (χ1v) is 8.90. The molecule has 0 spiro atoms. The lowest BCUT2D eigenvalue weighted by Gasteiger charge is -2.04. The minimum Gasteiger partial charge on any atom is -0.223 e. The van der Waals surface area contributed by atoms with Crippen molar-refractivity contribution in [2.24, 2.45) is 5.92 Å². The summed E-state index contributed by atoms with van der Waals surface area (Å²) in [5, 5.41) is 9.53. The number of halogens is 2. The molecule has 1 fully saturated rings. The first-order valence-electron chi connectivity index (χ1n) is 6.59. The van der Waals surface area contributed by atoms with Crippen LogP contribution in [0.25, 0.3) is 0 Å². The van der Waals surface area contributed by atoms with Gasteiger partial charge < -0.3 is 0 Å². The topological polar surface area (TPSA) is 57.9 Å². The number of hydrogen-bond donors (Lipinski definition) is 0. The SMILES string of the molecule is N#C[C@H]1[C@H](c2cccc(Cl)c2)[C@@H]1S(=O)(=O)c1ccc(Cl)cc1. The van der Waals surface area contributed by atoms with Crippen LogP contribution in [0.1, 0.15) is 11.5 Å². The van der Waals surface area contributed by atoms with Crippen LogP contribution >= 0.6 is 23.2 Å². The van der Waals surface area contributed by atoms with Gasteiger partial charge in [-0.25, -0.2) is 8.42 Å². The van der Waals surface area contributed by atoms with Crippen LogP contribution in [0.4, 0.5) is 0 Å². The third-order valence-electron chi connectivity index (χ3n) is 3.84. The molecule has 0 amide bonds.